The Hall–Kier alpha value is -2.52. The van der Waals surface area contributed by atoms with E-state index in [4.69, 9.17) is 10.6 Å². The number of carbonyl (C=O) groups is 1. The summed E-state index contributed by atoms with van der Waals surface area (Å²) in [5.41, 5.74) is 1.52. The molecule has 9 heteroatoms. The summed E-state index contributed by atoms with van der Waals surface area (Å²) >= 11 is 4.69. The van der Waals surface area contributed by atoms with Crippen molar-refractivity contribution in [1.82, 2.24) is 14.9 Å². The number of amides is 1. The van der Waals surface area contributed by atoms with Gasteiger partial charge in [0, 0.05) is 15.7 Å². The molecule has 1 aromatic heterocycles. The number of rotatable bonds is 6. The lowest BCUT2D eigenvalue weighted by atomic mass is 10.2. The van der Waals surface area contributed by atoms with E-state index in [1.807, 2.05) is 24.3 Å². The summed E-state index contributed by atoms with van der Waals surface area (Å²) in [5.74, 6) is 7.34. The van der Waals surface area contributed by atoms with Crippen molar-refractivity contribution in [1.29, 1.82) is 0 Å². The van der Waals surface area contributed by atoms with Crippen molar-refractivity contribution in [3.8, 4) is 17.1 Å². The van der Waals surface area contributed by atoms with E-state index in [-0.39, 0.29) is 11.7 Å². The molecule has 3 aromatic rings. The minimum absolute atomic E-state index is 0.161. The first-order valence-electron chi connectivity index (χ1n) is 7.60. The monoisotopic (exact) mass is 433 g/mol. The van der Waals surface area contributed by atoms with Crippen molar-refractivity contribution in [2.45, 2.75) is 5.16 Å². The molecule has 0 spiro atoms. The second-order valence-corrected chi connectivity index (χ2v) is 7.02. The van der Waals surface area contributed by atoms with Crippen LogP contribution in [0.25, 0.3) is 11.4 Å². The Morgan fingerprint density at radius 1 is 1.23 bits per heavy atom. The number of nitrogens with two attached hydrogens (primary N) is 1. The highest BCUT2D eigenvalue weighted by molar-refractivity contribution is 9.10. The maximum Gasteiger partial charge on any atom is 0.234 e. The van der Waals surface area contributed by atoms with Gasteiger partial charge in [0.05, 0.1) is 12.9 Å². The van der Waals surface area contributed by atoms with Crippen LogP contribution >= 0.6 is 27.7 Å². The van der Waals surface area contributed by atoms with Crippen LogP contribution in [0.5, 0.6) is 5.75 Å². The normalized spacial score (nSPS) is 10.5. The molecule has 1 amide bonds. The molecular formula is C17H16BrN5O2S. The minimum Gasteiger partial charge on any atom is -0.497 e. The summed E-state index contributed by atoms with van der Waals surface area (Å²) in [6.45, 7) is 0. The third-order valence-corrected chi connectivity index (χ3v) is 5.12. The molecule has 3 rings (SSSR count). The first kappa shape index (κ1) is 18.3. The number of nitrogens with one attached hydrogen (secondary N) is 1. The lowest BCUT2D eigenvalue weighted by molar-refractivity contribution is -0.113. The Kier molecular flexibility index (Phi) is 5.79. The zero-order chi connectivity index (χ0) is 18.5. The minimum atomic E-state index is -0.161. The maximum atomic E-state index is 12.1. The van der Waals surface area contributed by atoms with Gasteiger partial charge in [0.1, 0.15) is 5.75 Å². The number of aromatic nitrogens is 3. The number of thioether (sulfide) groups is 1. The number of anilines is 1. The second-order valence-electron chi connectivity index (χ2n) is 5.22. The predicted octanol–water partition coefficient (Wildman–Crippen LogP) is 3.16. The molecule has 0 fully saturated rings. The number of ether oxygens (including phenoxy) is 1. The van der Waals surface area contributed by atoms with Crippen LogP contribution in [0, 0.1) is 0 Å². The van der Waals surface area contributed by atoms with Crippen molar-refractivity contribution in [2.75, 3.05) is 24.0 Å². The van der Waals surface area contributed by atoms with Crippen LogP contribution < -0.4 is 15.9 Å². The van der Waals surface area contributed by atoms with Crippen molar-refractivity contribution >= 4 is 39.3 Å². The van der Waals surface area contributed by atoms with Crippen LogP contribution in [0.15, 0.2) is 58.2 Å². The van der Waals surface area contributed by atoms with Gasteiger partial charge in [-0.3, -0.25) is 4.79 Å². The van der Waals surface area contributed by atoms with Crippen LogP contribution in [0.3, 0.4) is 0 Å². The molecule has 0 atom stereocenters. The number of nitrogen functional groups attached to an aromatic ring is 1. The molecule has 0 bridgehead atoms. The zero-order valence-electron chi connectivity index (χ0n) is 13.8. The van der Waals surface area contributed by atoms with Crippen LogP contribution in [0.1, 0.15) is 0 Å². The molecule has 3 N–H and O–H groups in total. The van der Waals surface area contributed by atoms with Gasteiger partial charge in [-0.05, 0) is 36.4 Å². The third kappa shape index (κ3) is 4.17. The highest BCUT2D eigenvalue weighted by Gasteiger charge is 2.15. The summed E-state index contributed by atoms with van der Waals surface area (Å²) in [4.78, 5) is 12.1. The number of hydrogen-bond acceptors (Lipinski definition) is 6. The molecule has 0 radical (unpaired) electrons. The number of methoxy groups -OCH3 is 1. The molecule has 134 valence electrons. The summed E-state index contributed by atoms with van der Waals surface area (Å²) in [7, 11) is 1.59. The van der Waals surface area contributed by atoms with E-state index >= 15 is 0 Å². The number of nitrogens with zero attached hydrogens (tertiary/aromatic N) is 3. The largest absolute Gasteiger partial charge is 0.497 e. The fourth-order valence-corrected chi connectivity index (χ4v) is 3.32. The van der Waals surface area contributed by atoms with Gasteiger partial charge in [-0.1, -0.05) is 39.8 Å². The molecule has 0 unspecified atom stereocenters. The van der Waals surface area contributed by atoms with E-state index < -0.39 is 0 Å². The van der Waals surface area contributed by atoms with Gasteiger partial charge in [0.15, 0.2) is 5.82 Å². The molecule has 0 saturated heterocycles. The summed E-state index contributed by atoms with van der Waals surface area (Å²) < 4.78 is 7.34. The fourth-order valence-electron chi connectivity index (χ4n) is 2.20. The average Bonchev–Trinajstić information content (AvgIpc) is 3.01. The van der Waals surface area contributed by atoms with E-state index in [1.165, 1.54) is 16.4 Å². The Bertz CT molecular complexity index is 914. The first-order valence-corrected chi connectivity index (χ1v) is 9.38. The molecule has 0 aliphatic heterocycles. The number of hydrogen-bond donors (Lipinski definition) is 2. The standard InChI is InChI=1S/C17H16BrN5O2S/c1-25-12-8-6-11(7-9-12)20-15(24)10-26-17-22-21-16(23(17)19)13-4-2-3-5-14(13)18/h2-9H,10,19H2,1H3,(H,20,24). The quantitative estimate of drug-likeness (QED) is 0.457. The van der Waals surface area contributed by atoms with E-state index in [9.17, 15) is 4.79 Å². The Morgan fingerprint density at radius 3 is 2.65 bits per heavy atom. The van der Waals surface area contributed by atoms with Gasteiger partial charge >= 0.3 is 0 Å². The Morgan fingerprint density at radius 2 is 1.96 bits per heavy atom. The smallest absolute Gasteiger partial charge is 0.234 e. The molecular weight excluding hydrogens is 418 g/mol. The van der Waals surface area contributed by atoms with Crippen molar-refractivity contribution in [3.63, 3.8) is 0 Å². The Balaban J connectivity index is 1.63. The van der Waals surface area contributed by atoms with Crippen LogP contribution in [0.2, 0.25) is 0 Å². The molecule has 0 aliphatic rings. The fraction of sp³-hybridized carbons (Fsp3) is 0.118. The van der Waals surface area contributed by atoms with E-state index in [1.54, 1.807) is 31.4 Å². The first-order chi connectivity index (χ1) is 12.6. The Labute approximate surface area is 163 Å². The summed E-state index contributed by atoms with van der Waals surface area (Å²) in [5, 5.41) is 11.5. The van der Waals surface area contributed by atoms with E-state index in [2.05, 4.69) is 31.4 Å². The third-order valence-electron chi connectivity index (χ3n) is 3.49. The highest BCUT2D eigenvalue weighted by Crippen LogP contribution is 2.28. The van der Waals surface area contributed by atoms with Crippen molar-refractivity contribution in [2.24, 2.45) is 0 Å². The predicted molar refractivity (Wildman–Crippen MR) is 106 cm³/mol. The lowest BCUT2D eigenvalue weighted by Gasteiger charge is -2.07. The molecule has 0 aliphatic carbocycles. The zero-order valence-corrected chi connectivity index (χ0v) is 16.3. The van der Waals surface area contributed by atoms with Gasteiger partial charge in [-0.15, -0.1) is 10.2 Å². The van der Waals surface area contributed by atoms with Crippen molar-refractivity contribution in [3.05, 3.63) is 53.0 Å². The number of halogens is 1. The molecule has 0 saturated carbocycles. The van der Waals surface area contributed by atoms with Crippen molar-refractivity contribution < 1.29 is 9.53 Å². The van der Waals surface area contributed by atoms with E-state index in [0.717, 1.165) is 15.8 Å². The SMILES string of the molecule is COc1ccc(NC(=O)CSc2nnc(-c3ccccc3Br)n2N)cc1. The van der Waals surface area contributed by atoms with Crippen LogP contribution in [-0.2, 0) is 4.79 Å². The van der Waals surface area contributed by atoms with Crippen LogP contribution in [-0.4, -0.2) is 33.6 Å². The van der Waals surface area contributed by atoms with Gasteiger partial charge in [0.25, 0.3) is 0 Å². The average molecular weight is 434 g/mol. The molecule has 26 heavy (non-hydrogen) atoms. The van der Waals surface area contributed by atoms with Gasteiger partial charge in [-0.2, -0.15) is 0 Å². The highest BCUT2D eigenvalue weighted by atomic mass is 79.9. The van der Waals surface area contributed by atoms with Gasteiger partial charge < -0.3 is 15.9 Å². The molecule has 7 nitrogen and oxygen atoms in total. The summed E-state index contributed by atoms with van der Waals surface area (Å²) in [6, 6.07) is 14.7. The van der Waals surface area contributed by atoms with Crippen LogP contribution in [0.4, 0.5) is 5.69 Å². The second kappa shape index (κ2) is 8.24. The maximum absolute atomic E-state index is 12.1. The summed E-state index contributed by atoms with van der Waals surface area (Å²) in [6.07, 6.45) is 0. The van der Waals surface area contributed by atoms with Gasteiger partial charge in [0.2, 0.25) is 11.1 Å². The molecule has 1 heterocycles. The number of carbonyl (C=O) groups excluding carboxylic acids is 1. The lowest BCUT2D eigenvalue weighted by Crippen LogP contribution is -2.16. The van der Waals surface area contributed by atoms with Gasteiger partial charge in [-0.25, -0.2) is 4.68 Å². The molecule has 2 aromatic carbocycles. The van der Waals surface area contributed by atoms with E-state index in [0.29, 0.717) is 16.7 Å². The topological polar surface area (TPSA) is 95.1 Å². The number of benzene rings is 2.